The van der Waals surface area contributed by atoms with E-state index in [1.165, 1.54) is 7.11 Å². The molecule has 20 heavy (non-hydrogen) atoms. The fourth-order valence-corrected chi connectivity index (χ4v) is 2.09. The van der Waals surface area contributed by atoms with Crippen LogP contribution in [0.5, 0.6) is 0 Å². The van der Waals surface area contributed by atoms with Gasteiger partial charge in [-0.05, 0) is 49.9 Å². The van der Waals surface area contributed by atoms with E-state index in [9.17, 15) is 14.7 Å². The van der Waals surface area contributed by atoms with Gasteiger partial charge in [0.2, 0.25) is 0 Å². The molecule has 0 saturated heterocycles. The molecule has 0 bridgehead atoms. The molecule has 0 heterocycles. The first-order valence-electron chi connectivity index (χ1n) is 6.63. The molecule has 1 atom stereocenters. The first-order valence-corrected chi connectivity index (χ1v) is 6.63. The Kier molecular flexibility index (Phi) is 4.09. The summed E-state index contributed by atoms with van der Waals surface area (Å²) in [6, 6.07) is 6.21. The van der Waals surface area contributed by atoms with E-state index in [1.807, 2.05) is 0 Å². The zero-order valence-electron chi connectivity index (χ0n) is 11.7. The first kappa shape index (κ1) is 14.5. The van der Waals surface area contributed by atoms with E-state index in [4.69, 9.17) is 0 Å². The van der Waals surface area contributed by atoms with Crippen LogP contribution in [-0.2, 0) is 4.74 Å². The lowest BCUT2D eigenvalue weighted by molar-refractivity contribution is 0.0354. The minimum atomic E-state index is -0.846. The topological polar surface area (TPSA) is 75.6 Å². The highest BCUT2D eigenvalue weighted by atomic mass is 16.5. The van der Waals surface area contributed by atoms with Crippen molar-refractivity contribution in [1.82, 2.24) is 5.32 Å². The second kappa shape index (κ2) is 5.63. The maximum Gasteiger partial charge on any atom is 0.337 e. The molecule has 1 unspecified atom stereocenters. The van der Waals surface area contributed by atoms with E-state index in [0.717, 1.165) is 12.8 Å². The van der Waals surface area contributed by atoms with Crippen LogP contribution in [0.4, 0.5) is 0 Å². The van der Waals surface area contributed by atoms with Crippen molar-refractivity contribution >= 4 is 11.9 Å². The fraction of sp³-hybridized carbons (Fsp3) is 0.467. The van der Waals surface area contributed by atoms with Crippen LogP contribution in [0.15, 0.2) is 24.3 Å². The summed E-state index contributed by atoms with van der Waals surface area (Å²) in [7, 11) is 1.31. The molecule has 1 aromatic rings. The van der Waals surface area contributed by atoms with Crippen molar-refractivity contribution in [1.29, 1.82) is 0 Å². The second-order valence-electron chi connectivity index (χ2n) is 5.38. The van der Waals surface area contributed by atoms with Gasteiger partial charge in [-0.1, -0.05) is 0 Å². The minimum absolute atomic E-state index is 0.231. The molecule has 108 valence electrons. The molecule has 1 aliphatic carbocycles. The first-order chi connectivity index (χ1) is 9.44. The predicted octanol–water partition coefficient (Wildman–Crippen LogP) is 1.36. The number of hydrogen-bond acceptors (Lipinski definition) is 4. The van der Waals surface area contributed by atoms with Crippen molar-refractivity contribution in [3.8, 4) is 0 Å². The normalized spacial score (nSPS) is 17.1. The number of carbonyl (C=O) groups is 2. The van der Waals surface area contributed by atoms with Crippen LogP contribution < -0.4 is 5.32 Å². The number of aliphatic hydroxyl groups is 1. The van der Waals surface area contributed by atoms with E-state index in [-0.39, 0.29) is 18.4 Å². The average Bonchev–Trinajstić information content (AvgIpc) is 3.29. The van der Waals surface area contributed by atoms with Gasteiger partial charge in [0, 0.05) is 12.1 Å². The summed E-state index contributed by atoms with van der Waals surface area (Å²) in [6.45, 7) is 1.97. The Balaban J connectivity index is 1.93. The highest BCUT2D eigenvalue weighted by Gasteiger charge is 2.39. The second-order valence-corrected chi connectivity index (χ2v) is 5.38. The number of esters is 1. The van der Waals surface area contributed by atoms with Crippen molar-refractivity contribution in [2.24, 2.45) is 5.92 Å². The highest BCUT2D eigenvalue weighted by molar-refractivity contribution is 5.96. The van der Waals surface area contributed by atoms with Crippen molar-refractivity contribution in [3.63, 3.8) is 0 Å². The Morgan fingerprint density at radius 2 is 1.85 bits per heavy atom. The maximum absolute atomic E-state index is 11.9. The third-order valence-corrected chi connectivity index (χ3v) is 3.63. The minimum Gasteiger partial charge on any atom is -0.465 e. The van der Waals surface area contributed by atoms with Crippen LogP contribution in [0.25, 0.3) is 0 Å². The molecule has 0 radical (unpaired) electrons. The zero-order valence-corrected chi connectivity index (χ0v) is 11.7. The number of rotatable bonds is 5. The van der Waals surface area contributed by atoms with E-state index in [0.29, 0.717) is 11.1 Å². The molecular formula is C15H19NO4. The molecule has 0 aliphatic heterocycles. The van der Waals surface area contributed by atoms with E-state index in [1.54, 1.807) is 31.2 Å². The predicted molar refractivity (Wildman–Crippen MR) is 73.5 cm³/mol. The van der Waals surface area contributed by atoms with Gasteiger partial charge in [0.15, 0.2) is 0 Å². The number of ether oxygens (including phenoxy) is 1. The van der Waals surface area contributed by atoms with E-state index in [2.05, 4.69) is 10.1 Å². The third-order valence-electron chi connectivity index (χ3n) is 3.63. The fourth-order valence-electron chi connectivity index (χ4n) is 2.09. The molecule has 2 rings (SSSR count). The standard InChI is InChI=1S/C15H19NO4/c1-15(19,12-7-8-12)9-16-13(17)10-3-5-11(6-4-10)14(18)20-2/h3-6,12,19H,7-9H2,1-2H3,(H,16,17). The zero-order chi connectivity index (χ0) is 14.8. The molecule has 1 aliphatic rings. The molecule has 1 fully saturated rings. The van der Waals surface area contributed by atoms with Crippen molar-refractivity contribution in [3.05, 3.63) is 35.4 Å². The number of hydrogen-bond donors (Lipinski definition) is 2. The number of amides is 1. The number of methoxy groups -OCH3 is 1. The Hall–Kier alpha value is -1.88. The summed E-state index contributed by atoms with van der Waals surface area (Å²) < 4.78 is 4.59. The lowest BCUT2D eigenvalue weighted by Gasteiger charge is -2.23. The smallest absolute Gasteiger partial charge is 0.337 e. The number of benzene rings is 1. The van der Waals surface area contributed by atoms with E-state index < -0.39 is 11.6 Å². The molecule has 5 heteroatoms. The SMILES string of the molecule is COC(=O)c1ccc(C(=O)NCC(C)(O)C2CC2)cc1. The van der Waals surface area contributed by atoms with Crippen LogP contribution in [0, 0.1) is 5.92 Å². The summed E-state index contributed by atoms with van der Waals surface area (Å²) in [5.74, 6) is -0.416. The third kappa shape index (κ3) is 3.36. The summed E-state index contributed by atoms with van der Waals surface area (Å²) in [6.07, 6.45) is 2.02. The largest absolute Gasteiger partial charge is 0.465 e. The van der Waals surface area contributed by atoms with Crippen molar-refractivity contribution < 1.29 is 19.4 Å². The van der Waals surface area contributed by atoms with Crippen LogP contribution in [0.3, 0.4) is 0 Å². The summed E-state index contributed by atoms with van der Waals surface area (Å²) in [5, 5.41) is 12.8. The lowest BCUT2D eigenvalue weighted by Crippen LogP contribution is -2.42. The van der Waals surface area contributed by atoms with Crippen LogP contribution in [0.2, 0.25) is 0 Å². The molecule has 1 aromatic carbocycles. The molecule has 2 N–H and O–H groups in total. The molecule has 1 saturated carbocycles. The maximum atomic E-state index is 11.9. The van der Waals surface area contributed by atoms with Gasteiger partial charge in [-0.25, -0.2) is 4.79 Å². The van der Waals surface area contributed by atoms with Gasteiger partial charge in [-0.3, -0.25) is 4.79 Å². The van der Waals surface area contributed by atoms with Crippen molar-refractivity contribution in [2.75, 3.05) is 13.7 Å². The Morgan fingerprint density at radius 1 is 1.30 bits per heavy atom. The lowest BCUT2D eigenvalue weighted by atomic mass is 10.0. The summed E-state index contributed by atoms with van der Waals surface area (Å²) in [4.78, 5) is 23.2. The molecule has 0 aromatic heterocycles. The highest BCUT2D eigenvalue weighted by Crippen LogP contribution is 2.39. The van der Waals surface area contributed by atoms with Crippen LogP contribution >= 0.6 is 0 Å². The van der Waals surface area contributed by atoms with Crippen LogP contribution in [0.1, 0.15) is 40.5 Å². The summed E-state index contributed by atoms with van der Waals surface area (Å²) in [5.41, 5.74) is 0.00000898. The quantitative estimate of drug-likeness (QED) is 0.797. The van der Waals surface area contributed by atoms with Gasteiger partial charge in [-0.15, -0.1) is 0 Å². The van der Waals surface area contributed by atoms with Gasteiger partial charge >= 0.3 is 5.97 Å². The molecular weight excluding hydrogens is 258 g/mol. The molecule has 1 amide bonds. The Morgan fingerprint density at radius 3 is 2.35 bits per heavy atom. The average molecular weight is 277 g/mol. The van der Waals surface area contributed by atoms with E-state index >= 15 is 0 Å². The monoisotopic (exact) mass is 277 g/mol. The number of carbonyl (C=O) groups excluding carboxylic acids is 2. The summed E-state index contributed by atoms with van der Waals surface area (Å²) >= 11 is 0. The van der Waals surface area contributed by atoms with Gasteiger partial charge < -0.3 is 15.2 Å². The Bertz CT molecular complexity index is 503. The van der Waals surface area contributed by atoms with Gasteiger partial charge in [0.05, 0.1) is 18.3 Å². The van der Waals surface area contributed by atoms with Crippen molar-refractivity contribution in [2.45, 2.75) is 25.4 Å². The molecule has 5 nitrogen and oxygen atoms in total. The van der Waals surface area contributed by atoms with Gasteiger partial charge in [-0.2, -0.15) is 0 Å². The Labute approximate surface area is 117 Å². The van der Waals surface area contributed by atoms with Gasteiger partial charge in [0.1, 0.15) is 0 Å². The van der Waals surface area contributed by atoms with Crippen LogP contribution in [-0.4, -0.2) is 36.2 Å². The molecule has 0 spiro atoms. The van der Waals surface area contributed by atoms with Gasteiger partial charge in [0.25, 0.3) is 5.91 Å². The number of nitrogens with one attached hydrogen (secondary N) is 1.